The summed E-state index contributed by atoms with van der Waals surface area (Å²) in [6, 6.07) is 22.5. The smallest absolute Gasteiger partial charge is 0.260 e. The van der Waals surface area contributed by atoms with E-state index in [0.29, 0.717) is 16.8 Å². The molecule has 0 aliphatic heterocycles. The molecule has 0 aliphatic rings. The number of allylic oxidation sites excluding steroid dienone is 1. The number of benzene rings is 3. The van der Waals surface area contributed by atoms with Crippen molar-refractivity contribution in [1.82, 2.24) is 15.0 Å². The van der Waals surface area contributed by atoms with E-state index in [0.717, 1.165) is 26.5 Å². The number of aromatic amines is 1. The standard InChI is InChI=1S/C26H16BrN3O2/c27-17-10-12-20-19(14-17)24(16-6-2-1-3-7-16)25(26(32)30-20)23(31)13-11-18-15-28-21-8-4-5-9-22(21)29-18/h1-15H,(H,30,32). The Bertz CT molecular complexity index is 1570. The highest BCUT2D eigenvalue weighted by Crippen LogP contribution is 2.31. The number of nitrogens with zero attached hydrogens (tertiary/aromatic N) is 2. The van der Waals surface area contributed by atoms with Crippen molar-refractivity contribution in [2.75, 3.05) is 0 Å². The lowest BCUT2D eigenvalue weighted by Crippen LogP contribution is -2.18. The second kappa shape index (κ2) is 8.32. The van der Waals surface area contributed by atoms with Gasteiger partial charge in [-0.25, -0.2) is 4.98 Å². The monoisotopic (exact) mass is 481 g/mol. The van der Waals surface area contributed by atoms with Gasteiger partial charge in [0.05, 0.1) is 28.5 Å². The molecule has 3 aromatic carbocycles. The van der Waals surface area contributed by atoms with Crippen LogP contribution in [0.4, 0.5) is 0 Å². The van der Waals surface area contributed by atoms with Gasteiger partial charge in [0.1, 0.15) is 0 Å². The van der Waals surface area contributed by atoms with Crippen LogP contribution in [0.1, 0.15) is 16.1 Å². The van der Waals surface area contributed by atoms with E-state index in [1.54, 1.807) is 12.3 Å². The van der Waals surface area contributed by atoms with Crippen molar-refractivity contribution in [3.63, 3.8) is 0 Å². The molecule has 0 aliphatic carbocycles. The highest BCUT2D eigenvalue weighted by molar-refractivity contribution is 9.10. The molecule has 5 aromatic rings. The molecule has 0 amide bonds. The second-order valence-electron chi connectivity index (χ2n) is 7.24. The third kappa shape index (κ3) is 3.76. The summed E-state index contributed by atoms with van der Waals surface area (Å²) in [6.07, 6.45) is 4.56. The van der Waals surface area contributed by atoms with Gasteiger partial charge in [0, 0.05) is 20.9 Å². The number of carbonyl (C=O) groups excluding carboxylic acids is 1. The molecule has 0 fully saturated rings. The highest BCUT2D eigenvalue weighted by atomic mass is 79.9. The van der Waals surface area contributed by atoms with E-state index in [2.05, 4.69) is 30.9 Å². The minimum Gasteiger partial charge on any atom is -0.321 e. The Morgan fingerprint density at radius 3 is 2.50 bits per heavy atom. The van der Waals surface area contributed by atoms with E-state index in [1.807, 2.05) is 72.8 Å². The van der Waals surface area contributed by atoms with Gasteiger partial charge < -0.3 is 4.98 Å². The number of aromatic nitrogens is 3. The maximum atomic E-state index is 13.3. The predicted molar refractivity (Wildman–Crippen MR) is 131 cm³/mol. The minimum atomic E-state index is -0.432. The van der Waals surface area contributed by atoms with Crippen LogP contribution in [0.25, 0.3) is 39.1 Å². The average Bonchev–Trinajstić information content (AvgIpc) is 2.82. The third-order valence-corrected chi connectivity index (χ3v) is 5.65. The number of carbonyl (C=O) groups is 1. The number of hydrogen-bond acceptors (Lipinski definition) is 4. The lowest BCUT2D eigenvalue weighted by atomic mass is 9.94. The topological polar surface area (TPSA) is 75.7 Å². The van der Waals surface area contributed by atoms with Crippen LogP contribution in [0.2, 0.25) is 0 Å². The predicted octanol–water partition coefficient (Wildman–Crippen LogP) is 5.80. The largest absolute Gasteiger partial charge is 0.321 e. The molecule has 0 atom stereocenters. The number of hydrogen-bond donors (Lipinski definition) is 1. The molecule has 154 valence electrons. The fraction of sp³-hybridized carbons (Fsp3) is 0. The van der Waals surface area contributed by atoms with Crippen molar-refractivity contribution in [2.24, 2.45) is 0 Å². The maximum Gasteiger partial charge on any atom is 0.260 e. The molecule has 2 aromatic heterocycles. The van der Waals surface area contributed by atoms with Crippen LogP contribution in [-0.4, -0.2) is 20.7 Å². The van der Waals surface area contributed by atoms with Crippen LogP contribution in [0.3, 0.4) is 0 Å². The summed E-state index contributed by atoms with van der Waals surface area (Å²) in [5, 5.41) is 0.785. The zero-order valence-electron chi connectivity index (χ0n) is 16.7. The van der Waals surface area contributed by atoms with Crippen molar-refractivity contribution in [3.8, 4) is 11.1 Å². The van der Waals surface area contributed by atoms with Crippen LogP contribution in [0.15, 0.2) is 94.3 Å². The first-order chi connectivity index (χ1) is 15.6. The summed E-state index contributed by atoms with van der Waals surface area (Å²) in [7, 11) is 0. The zero-order chi connectivity index (χ0) is 22.1. The Labute approximate surface area is 191 Å². The van der Waals surface area contributed by atoms with E-state index >= 15 is 0 Å². The van der Waals surface area contributed by atoms with Crippen LogP contribution in [0.5, 0.6) is 0 Å². The van der Waals surface area contributed by atoms with Crippen molar-refractivity contribution in [1.29, 1.82) is 0 Å². The summed E-state index contributed by atoms with van der Waals surface area (Å²) >= 11 is 3.49. The van der Waals surface area contributed by atoms with Crippen LogP contribution >= 0.6 is 15.9 Å². The minimum absolute atomic E-state index is 0.0896. The van der Waals surface area contributed by atoms with Gasteiger partial charge in [-0.3, -0.25) is 14.6 Å². The molecule has 0 saturated heterocycles. The number of H-pyrrole nitrogens is 1. The molecule has 5 nitrogen and oxygen atoms in total. The molecule has 0 radical (unpaired) electrons. The maximum absolute atomic E-state index is 13.3. The summed E-state index contributed by atoms with van der Waals surface area (Å²) in [5.41, 5.74) is 3.77. The number of nitrogens with one attached hydrogen (secondary N) is 1. The molecule has 6 heteroatoms. The Hall–Kier alpha value is -3.90. The quantitative estimate of drug-likeness (QED) is 0.260. The summed E-state index contributed by atoms with van der Waals surface area (Å²) in [4.78, 5) is 38.0. The number of fused-ring (bicyclic) bond motifs is 2. The van der Waals surface area contributed by atoms with E-state index in [9.17, 15) is 9.59 Å². The van der Waals surface area contributed by atoms with Gasteiger partial charge >= 0.3 is 0 Å². The molecule has 1 N–H and O–H groups in total. The number of ketones is 1. The molecule has 5 rings (SSSR count). The molecular formula is C26H16BrN3O2. The van der Waals surface area contributed by atoms with Gasteiger partial charge in [-0.15, -0.1) is 0 Å². The molecule has 2 heterocycles. The lowest BCUT2D eigenvalue weighted by molar-refractivity contribution is 0.104. The Kier molecular flexibility index (Phi) is 5.21. The van der Waals surface area contributed by atoms with Gasteiger partial charge in [0.15, 0.2) is 5.78 Å². The lowest BCUT2D eigenvalue weighted by Gasteiger charge is -2.11. The van der Waals surface area contributed by atoms with Crippen molar-refractivity contribution >= 4 is 49.7 Å². The van der Waals surface area contributed by atoms with Gasteiger partial charge in [0.25, 0.3) is 5.56 Å². The number of pyridine rings is 1. The number of para-hydroxylation sites is 2. The van der Waals surface area contributed by atoms with Crippen LogP contribution < -0.4 is 5.56 Å². The normalized spacial score (nSPS) is 11.4. The summed E-state index contributed by atoms with van der Waals surface area (Å²) in [5.74, 6) is -0.401. The molecule has 0 spiro atoms. The summed E-state index contributed by atoms with van der Waals surface area (Å²) in [6.45, 7) is 0. The Balaban J connectivity index is 1.65. The summed E-state index contributed by atoms with van der Waals surface area (Å²) < 4.78 is 0.856. The van der Waals surface area contributed by atoms with Crippen molar-refractivity contribution in [2.45, 2.75) is 0 Å². The molecule has 0 bridgehead atoms. The fourth-order valence-electron chi connectivity index (χ4n) is 3.70. The first-order valence-corrected chi connectivity index (χ1v) is 10.7. The molecule has 0 saturated carbocycles. The van der Waals surface area contributed by atoms with Crippen LogP contribution in [-0.2, 0) is 0 Å². The third-order valence-electron chi connectivity index (χ3n) is 5.16. The molecule has 0 unspecified atom stereocenters. The Morgan fingerprint density at radius 2 is 1.69 bits per heavy atom. The van der Waals surface area contributed by atoms with Crippen molar-refractivity contribution in [3.05, 3.63) is 111 Å². The van der Waals surface area contributed by atoms with E-state index in [4.69, 9.17) is 0 Å². The highest BCUT2D eigenvalue weighted by Gasteiger charge is 2.19. The van der Waals surface area contributed by atoms with E-state index < -0.39 is 11.3 Å². The van der Waals surface area contributed by atoms with Gasteiger partial charge in [-0.2, -0.15) is 0 Å². The zero-order valence-corrected chi connectivity index (χ0v) is 18.3. The fourth-order valence-corrected chi connectivity index (χ4v) is 4.06. The average molecular weight is 482 g/mol. The number of halogens is 1. The van der Waals surface area contributed by atoms with Gasteiger partial charge in [-0.05, 0) is 48.0 Å². The van der Waals surface area contributed by atoms with Crippen LogP contribution in [0, 0.1) is 0 Å². The first-order valence-electron chi connectivity index (χ1n) is 9.95. The first kappa shape index (κ1) is 20.0. The Morgan fingerprint density at radius 1 is 0.938 bits per heavy atom. The number of rotatable bonds is 4. The van der Waals surface area contributed by atoms with Gasteiger partial charge in [0.2, 0.25) is 0 Å². The SMILES string of the molecule is O=C(C=Cc1cnc2ccccc2n1)c1c(-c2ccccc2)c2cc(Br)ccc2[nH]c1=O. The molecule has 32 heavy (non-hydrogen) atoms. The second-order valence-corrected chi connectivity index (χ2v) is 8.16. The van der Waals surface area contributed by atoms with Gasteiger partial charge in [-0.1, -0.05) is 58.4 Å². The van der Waals surface area contributed by atoms with E-state index in [1.165, 1.54) is 6.08 Å². The van der Waals surface area contributed by atoms with Crippen molar-refractivity contribution < 1.29 is 4.79 Å². The molecular weight excluding hydrogens is 466 g/mol. The van der Waals surface area contributed by atoms with E-state index in [-0.39, 0.29) is 5.56 Å².